The van der Waals surface area contributed by atoms with Crippen LogP contribution in [0.2, 0.25) is 0 Å². The maximum atomic E-state index is 13.0. The van der Waals surface area contributed by atoms with E-state index in [9.17, 15) is 9.59 Å². The van der Waals surface area contributed by atoms with Crippen molar-refractivity contribution >= 4 is 11.9 Å². The van der Waals surface area contributed by atoms with Crippen LogP contribution in [0.5, 0.6) is 0 Å². The molecule has 5 atom stereocenters. The van der Waals surface area contributed by atoms with E-state index in [1.807, 2.05) is 20.8 Å². The van der Waals surface area contributed by atoms with Crippen molar-refractivity contribution in [2.24, 2.45) is 23.2 Å². The van der Waals surface area contributed by atoms with Crippen molar-refractivity contribution in [2.45, 2.75) is 108 Å². The monoisotopic (exact) mass is 390 g/mol. The lowest BCUT2D eigenvalue weighted by Gasteiger charge is -2.60. The van der Waals surface area contributed by atoms with Crippen LogP contribution < -0.4 is 0 Å². The minimum Gasteiger partial charge on any atom is -0.459 e. The average Bonchev–Trinajstić information content (AvgIpc) is 3.38. The van der Waals surface area contributed by atoms with Crippen molar-refractivity contribution in [1.82, 2.24) is 0 Å². The molecule has 0 aromatic carbocycles. The predicted molar refractivity (Wildman–Crippen MR) is 102 cm³/mol. The highest BCUT2D eigenvalue weighted by Gasteiger charge is 2.62. The topological polar surface area (TPSA) is 65.1 Å². The third-order valence-electron chi connectivity index (χ3n) is 8.35. The van der Waals surface area contributed by atoms with Crippen molar-refractivity contribution in [3.8, 4) is 0 Å². The number of hydrogen-bond acceptors (Lipinski definition) is 5. The number of hydrogen-bond donors (Lipinski definition) is 0. The quantitative estimate of drug-likeness (QED) is 0.521. The van der Waals surface area contributed by atoms with E-state index in [1.165, 1.54) is 6.42 Å². The number of rotatable bonds is 5. The van der Waals surface area contributed by atoms with Gasteiger partial charge in [-0.3, -0.25) is 9.59 Å². The molecule has 0 aromatic heterocycles. The Morgan fingerprint density at radius 2 is 1.61 bits per heavy atom. The minimum atomic E-state index is -0.462. The Morgan fingerprint density at radius 3 is 2.21 bits per heavy atom. The summed E-state index contributed by atoms with van der Waals surface area (Å²) in [7, 11) is 0. The second-order valence-electron chi connectivity index (χ2n) is 11.1. The van der Waals surface area contributed by atoms with Gasteiger partial charge in [-0.25, -0.2) is 0 Å². The van der Waals surface area contributed by atoms with E-state index >= 15 is 0 Å². The van der Waals surface area contributed by atoms with E-state index in [-0.39, 0.29) is 24.0 Å². The molecule has 5 unspecified atom stereocenters. The van der Waals surface area contributed by atoms with Gasteiger partial charge >= 0.3 is 11.9 Å². The molecule has 6 fully saturated rings. The van der Waals surface area contributed by atoms with Gasteiger partial charge in [0.15, 0.2) is 0 Å². The van der Waals surface area contributed by atoms with E-state index in [0.29, 0.717) is 24.4 Å². The number of esters is 2. The van der Waals surface area contributed by atoms with Crippen LogP contribution >= 0.6 is 0 Å². The molecule has 5 heteroatoms. The molecule has 0 aromatic rings. The Labute approximate surface area is 167 Å². The second-order valence-corrected chi connectivity index (χ2v) is 11.1. The Balaban J connectivity index is 1.31. The Hall–Kier alpha value is -1.10. The summed E-state index contributed by atoms with van der Waals surface area (Å²) in [6, 6.07) is 0. The first-order valence-corrected chi connectivity index (χ1v) is 11.3. The number of ether oxygens (including phenoxy) is 3. The Kier molecular flexibility index (Phi) is 4.18. The fraction of sp³-hybridized carbons (Fsp3) is 0.913. The third kappa shape index (κ3) is 3.18. The zero-order chi connectivity index (χ0) is 19.7. The summed E-state index contributed by atoms with van der Waals surface area (Å²) in [6.07, 6.45) is 9.78. The molecular formula is C23H34O5. The largest absolute Gasteiger partial charge is 0.459 e. The van der Waals surface area contributed by atoms with E-state index in [1.54, 1.807) is 0 Å². The molecule has 156 valence electrons. The van der Waals surface area contributed by atoms with Crippen molar-refractivity contribution in [2.75, 3.05) is 0 Å². The van der Waals surface area contributed by atoms with Gasteiger partial charge in [-0.1, -0.05) is 6.92 Å². The number of epoxide rings is 1. The number of carbonyl (C=O) groups is 2. The van der Waals surface area contributed by atoms with Gasteiger partial charge < -0.3 is 14.2 Å². The summed E-state index contributed by atoms with van der Waals surface area (Å²) >= 11 is 0. The van der Waals surface area contributed by atoms with Gasteiger partial charge in [-0.05, 0) is 83.5 Å². The Bertz CT molecular complexity index is 668. The van der Waals surface area contributed by atoms with E-state index in [4.69, 9.17) is 14.2 Å². The lowest BCUT2D eigenvalue weighted by molar-refractivity contribution is -0.237. The van der Waals surface area contributed by atoms with Crippen molar-refractivity contribution in [1.29, 1.82) is 0 Å². The van der Waals surface area contributed by atoms with Crippen LogP contribution in [-0.2, 0) is 23.8 Å². The molecule has 1 aliphatic heterocycles. The van der Waals surface area contributed by atoms with Crippen LogP contribution in [-0.4, -0.2) is 35.3 Å². The zero-order valence-corrected chi connectivity index (χ0v) is 17.5. The van der Waals surface area contributed by atoms with Gasteiger partial charge in [-0.2, -0.15) is 0 Å². The molecular weight excluding hydrogens is 356 g/mol. The molecule has 0 N–H and O–H groups in total. The first-order chi connectivity index (χ1) is 13.2. The first-order valence-electron chi connectivity index (χ1n) is 11.3. The van der Waals surface area contributed by atoms with Crippen molar-refractivity contribution in [3.63, 3.8) is 0 Å². The number of fused-ring (bicyclic) bond motifs is 1. The Morgan fingerprint density at radius 1 is 0.964 bits per heavy atom. The predicted octanol–water partition coefficient (Wildman–Crippen LogP) is 4.17. The maximum absolute atomic E-state index is 13.0. The van der Waals surface area contributed by atoms with E-state index in [0.717, 1.165) is 51.4 Å². The van der Waals surface area contributed by atoms with Gasteiger partial charge in [0.1, 0.15) is 11.2 Å². The third-order valence-corrected chi connectivity index (χ3v) is 8.35. The molecule has 6 aliphatic rings. The van der Waals surface area contributed by atoms with Gasteiger partial charge in [0.05, 0.1) is 23.5 Å². The van der Waals surface area contributed by atoms with E-state index in [2.05, 4.69) is 0 Å². The van der Waals surface area contributed by atoms with Gasteiger partial charge in [0.25, 0.3) is 0 Å². The molecule has 0 spiro atoms. The summed E-state index contributed by atoms with van der Waals surface area (Å²) in [5.41, 5.74) is -1.31. The van der Waals surface area contributed by atoms with Crippen LogP contribution in [0.15, 0.2) is 0 Å². The summed E-state index contributed by atoms with van der Waals surface area (Å²) in [6.45, 7) is 5.95. The lowest BCUT2D eigenvalue weighted by Crippen LogP contribution is -2.62. The van der Waals surface area contributed by atoms with Gasteiger partial charge in [0, 0.05) is 6.42 Å². The normalized spacial score (nSPS) is 46.0. The standard InChI is InChI=1S/C23H34O5/c1-4-21(2,3)20(25)28-23-11-14-7-15(12-23)10-22(9-14,13-23)27-19(24)16-5-6-17-18(8-16)26-17/h14-18H,4-13H2,1-3H3. The summed E-state index contributed by atoms with van der Waals surface area (Å²) < 4.78 is 18.1. The minimum absolute atomic E-state index is 0.0192. The molecule has 5 aliphatic carbocycles. The second kappa shape index (κ2) is 6.20. The molecule has 28 heavy (non-hydrogen) atoms. The average molecular weight is 391 g/mol. The first kappa shape index (κ1) is 18.9. The smallest absolute Gasteiger partial charge is 0.312 e. The molecule has 6 rings (SSSR count). The van der Waals surface area contributed by atoms with Crippen LogP contribution in [0, 0.1) is 23.2 Å². The summed E-state index contributed by atoms with van der Waals surface area (Å²) in [4.78, 5) is 25.8. The molecule has 0 amide bonds. The molecule has 1 heterocycles. The van der Waals surface area contributed by atoms with Crippen molar-refractivity contribution < 1.29 is 23.8 Å². The lowest BCUT2D eigenvalue weighted by atomic mass is 9.52. The highest BCUT2D eigenvalue weighted by molar-refractivity contribution is 5.76. The van der Waals surface area contributed by atoms with Crippen LogP contribution in [0.4, 0.5) is 0 Å². The summed E-state index contributed by atoms with van der Waals surface area (Å²) in [5.74, 6) is 0.867. The van der Waals surface area contributed by atoms with Crippen LogP contribution in [0.1, 0.15) is 85.0 Å². The molecule has 4 bridgehead atoms. The fourth-order valence-electron chi connectivity index (χ4n) is 6.73. The van der Waals surface area contributed by atoms with E-state index < -0.39 is 16.6 Å². The highest BCUT2D eigenvalue weighted by atomic mass is 16.6. The highest BCUT2D eigenvalue weighted by Crippen LogP contribution is 2.60. The van der Waals surface area contributed by atoms with Crippen LogP contribution in [0.25, 0.3) is 0 Å². The van der Waals surface area contributed by atoms with Crippen LogP contribution in [0.3, 0.4) is 0 Å². The summed E-state index contributed by atoms with van der Waals surface area (Å²) in [5, 5.41) is 0. The molecule has 0 radical (unpaired) electrons. The fourth-order valence-corrected chi connectivity index (χ4v) is 6.73. The molecule has 1 saturated heterocycles. The number of carbonyl (C=O) groups excluding carboxylic acids is 2. The molecule has 5 nitrogen and oxygen atoms in total. The SMILES string of the molecule is CCC(C)(C)C(=O)OC12CC3CC(CC(OC(=O)C4CCC5OC5C4)(C3)C1)C2. The maximum Gasteiger partial charge on any atom is 0.312 e. The van der Waals surface area contributed by atoms with Gasteiger partial charge in [-0.15, -0.1) is 0 Å². The zero-order valence-electron chi connectivity index (χ0n) is 17.5. The van der Waals surface area contributed by atoms with Gasteiger partial charge in [0.2, 0.25) is 0 Å². The molecule has 5 saturated carbocycles. The van der Waals surface area contributed by atoms with Crippen molar-refractivity contribution in [3.05, 3.63) is 0 Å².